The van der Waals surface area contributed by atoms with Gasteiger partial charge in [0.1, 0.15) is 13.1 Å². The Balaban J connectivity index is 1.50. The van der Waals surface area contributed by atoms with Gasteiger partial charge < -0.3 is 15.1 Å². The summed E-state index contributed by atoms with van der Waals surface area (Å²) in [6.07, 6.45) is 1.75. The molecule has 2 saturated heterocycles. The van der Waals surface area contributed by atoms with Crippen LogP contribution in [0.2, 0.25) is 0 Å². The van der Waals surface area contributed by atoms with E-state index in [1.807, 2.05) is 35.2 Å². The summed E-state index contributed by atoms with van der Waals surface area (Å²) in [6.45, 7) is 7.01. The summed E-state index contributed by atoms with van der Waals surface area (Å²) in [4.78, 5) is 42.3. The van der Waals surface area contributed by atoms with Crippen molar-refractivity contribution in [3.05, 3.63) is 35.9 Å². The van der Waals surface area contributed by atoms with Crippen molar-refractivity contribution in [2.75, 3.05) is 26.2 Å². The fourth-order valence-electron chi connectivity index (χ4n) is 4.16. The topological polar surface area (TPSA) is 73.0 Å². The van der Waals surface area contributed by atoms with Gasteiger partial charge in [-0.1, -0.05) is 30.3 Å². The first kappa shape index (κ1) is 22.2. The lowest BCUT2D eigenvalue weighted by Crippen LogP contribution is -2.61. The van der Waals surface area contributed by atoms with Crippen LogP contribution in [-0.4, -0.2) is 75.3 Å². The number of hydrogen-bond acceptors (Lipinski definition) is 4. The third-order valence-electron chi connectivity index (χ3n) is 5.68. The number of carbonyl (C=O) groups excluding carboxylic acids is 3. The van der Waals surface area contributed by atoms with E-state index in [-0.39, 0.29) is 48.8 Å². The van der Waals surface area contributed by atoms with Crippen molar-refractivity contribution in [2.45, 2.75) is 51.6 Å². The normalized spacial score (nSPS) is 21.6. The fraction of sp³-hybridized carbons (Fsp3) is 0.545. The first-order valence-electron chi connectivity index (χ1n) is 10.4. The summed E-state index contributed by atoms with van der Waals surface area (Å²) < 4.78 is 0. The standard InChI is InChI=1S/C22H30N4O3S/c1-16-13-22(2,3)23-21(30)25(16)12-10-18(27)24-14-19(28)26(20(29)15-24)11-9-17-7-5-4-6-8-17/h4-8,16H,9-15H2,1-3H3,(H,23,30). The van der Waals surface area contributed by atoms with Crippen LogP contribution in [0, 0.1) is 0 Å². The Morgan fingerprint density at radius 1 is 1.13 bits per heavy atom. The van der Waals surface area contributed by atoms with E-state index < -0.39 is 0 Å². The number of nitrogens with one attached hydrogen (secondary N) is 1. The molecule has 2 aliphatic rings. The number of carbonyl (C=O) groups is 3. The van der Waals surface area contributed by atoms with E-state index >= 15 is 0 Å². The number of benzene rings is 1. The third kappa shape index (κ3) is 5.36. The summed E-state index contributed by atoms with van der Waals surface area (Å²) in [7, 11) is 0. The van der Waals surface area contributed by atoms with Gasteiger partial charge in [0.05, 0.1) is 0 Å². The van der Waals surface area contributed by atoms with Crippen LogP contribution in [0.1, 0.15) is 39.2 Å². The second-order valence-corrected chi connectivity index (χ2v) is 9.12. The number of piperazine rings is 1. The van der Waals surface area contributed by atoms with Crippen LogP contribution in [0.15, 0.2) is 30.3 Å². The second-order valence-electron chi connectivity index (χ2n) is 8.74. The van der Waals surface area contributed by atoms with Crippen molar-refractivity contribution >= 4 is 35.1 Å². The van der Waals surface area contributed by atoms with Crippen molar-refractivity contribution in [3.63, 3.8) is 0 Å². The van der Waals surface area contributed by atoms with Crippen molar-refractivity contribution < 1.29 is 14.4 Å². The van der Waals surface area contributed by atoms with Crippen LogP contribution in [0.5, 0.6) is 0 Å². The molecule has 2 fully saturated rings. The van der Waals surface area contributed by atoms with Gasteiger partial charge in [0.2, 0.25) is 17.7 Å². The molecule has 1 unspecified atom stereocenters. The number of hydrogen-bond donors (Lipinski definition) is 1. The van der Waals surface area contributed by atoms with Gasteiger partial charge in [-0.15, -0.1) is 0 Å². The Morgan fingerprint density at radius 2 is 1.77 bits per heavy atom. The molecule has 0 spiro atoms. The van der Waals surface area contributed by atoms with Gasteiger partial charge in [-0.3, -0.25) is 19.3 Å². The molecule has 1 atom stereocenters. The molecule has 0 saturated carbocycles. The molecule has 7 nitrogen and oxygen atoms in total. The van der Waals surface area contributed by atoms with E-state index in [2.05, 4.69) is 26.1 Å². The minimum absolute atomic E-state index is 0.0509. The maximum absolute atomic E-state index is 12.7. The molecular formula is C22H30N4O3S. The average molecular weight is 431 g/mol. The van der Waals surface area contributed by atoms with Gasteiger partial charge in [0.25, 0.3) is 0 Å². The molecule has 0 aromatic heterocycles. The number of rotatable bonds is 6. The maximum Gasteiger partial charge on any atom is 0.248 e. The molecular weight excluding hydrogens is 400 g/mol. The smallest absolute Gasteiger partial charge is 0.248 e. The molecule has 3 rings (SSSR count). The molecule has 162 valence electrons. The highest BCUT2D eigenvalue weighted by Crippen LogP contribution is 2.22. The van der Waals surface area contributed by atoms with Crippen LogP contribution in [0.4, 0.5) is 0 Å². The average Bonchev–Trinajstić information content (AvgIpc) is 2.66. The highest BCUT2D eigenvalue weighted by atomic mass is 32.1. The molecule has 30 heavy (non-hydrogen) atoms. The van der Waals surface area contributed by atoms with Gasteiger partial charge in [0, 0.05) is 31.1 Å². The maximum atomic E-state index is 12.7. The largest absolute Gasteiger partial charge is 0.358 e. The van der Waals surface area contributed by atoms with Crippen LogP contribution in [0.3, 0.4) is 0 Å². The quantitative estimate of drug-likeness (QED) is 0.546. The Bertz CT molecular complexity index is 809. The van der Waals surface area contributed by atoms with Crippen LogP contribution >= 0.6 is 12.2 Å². The van der Waals surface area contributed by atoms with E-state index in [0.717, 1.165) is 12.0 Å². The molecule has 0 bridgehead atoms. The van der Waals surface area contributed by atoms with E-state index in [4.69, 9.17) is 12.2 Å². The molecule has 0 aliphatic carbocycles. The minimum atomic E-state index is -0.319. The summed E-state index contributed by atoms with van der Waals surface area (Å²) in [6, 6.07) is 9.95. The minimum Gasteiger partial charge on any atom is -0.358 e. The summed E-state index contributed by atoms with van der Waals surface area (Å²) in [5, 5.41) is 3.95. The number of nitrogens with zero attached hydrogens (tertiary/aromatic N) is 3. The summed E-state index contributed by atoms with van der Waals surface area (Å²) in [5.41, 5.74) is 1.01. The van der Waals surface area contributed by atoms with Crippen molar-refractivity contribution in [3.8, 4) is 0 Å². The Kier molecular flexibility index (Phi) is 6.75. The van der Waals surface area contributed by atoms with Crippen LogP contribution < -0.4 is 5.32 Å². The molecule has 2 heterocycles. The van der Waals surface area contributed by atoms with Crippen molar-refractivity contribution in [1.82, 2.24) is 20.0 Å². The monoisotopic (exact) mass is 430 g/mol. The van der Waals surface area contributed by atoms with E-state index in [0.29, 0.717) is 24.6 Å². The zero-order valence-corrected chi connectivity index (χ0v) is 18.7. The second kappa shape index (κ2) is 9.12. The molecule has 2 aliphatic heterocycles. The number of thiocarbonyl (C=S) groups is 1. The number of amides is 3. The Labute approximate surface area is 183 Å². The third-order valence-corrected chi connectivity index (χ3v) is 6.02. The van der Waals surface area contributed by atoms with Gasteiger partial charge >= 0.3 is 0 Å². The highest BCUT2D eigenvalue weighted by molar-refractivity contribution is 7.80. The predicted octanol–water partition coefficient (Wildman–Crippen LogP) is 1.56. The van der Waals surface area contributed by atoms with Gasteiger partial charge in [-0.05, 0) is 51.4 Å². The highest BCUT2D eigenvalue weighted by Gasteiger charge is 2.35. The molecule has 1 aromatic carbocycles. The van der Waals surface area contributed by atoms with Crippen molar-refractivity contribution in [2.24, 2.45) is 0 Å². The Morgan fingerprint density at radius 3 is 2.37 bits per heavy atom. The lowest BCUT2D eigenvalue weighted by molar-refractivity contribution is -0.156. The number of imide groups is 1. The zero-order chi connectivity index (χ0) is 21.9. The van der Waals surface area contributed by atoms with E-state index in [1.165, 1.54) is 9.80 Å². The Hall–Kier alpha value is -2.48. The van der Waals surface area contributed by atoms with Gasteiger partial charge in [-0.2, -0.15) is 0 Å². The lowest BCUT2D eigenvalue weighted by Gasteiger charge is -2.45. The van der Waals surface area contributed by atoms with Gasteiger partial charge in [0.15, 0.2) is 5.11 Å². The first-order valence-corrected chi connectivity index (χ1v) is 10.8. The fourth-order valence-corrected chi connectivity index (χ4v) is 4.71. The first-order chi connectivity index (χ1) is 14.2. The van der Waals surface area contributed by atoms with Crippen molar-refractivity contribution in [1.29, 1.82) is 0 Å². The van der Waals surface area contributed by atoms with Gasteiger partial charge in [-0.25, -0.2) is 0 Å². The predicted molar refractivity (Wildman–Crippen MR) is 119 cm³/mol. The van der Waals surface area contributed by atoms with E-state index in [9.17, 15) is 14.4 Å². The van der Waals surface area contributed by atoms with E-state index in [1.54, 1.807) is 0 Å². The molecule has 0 radical (unpaired) electrons. The van der Waals surface area contributed by atoms with Crippen LogP contribution in [0.25, 0.3) is 0 Å². The molecule has 1 N–H and O–H groups in total. The molecule has 8 heteroatoms. The molecule has 3 amide bonds. The van der Waals surface area contributed by atoms with Crippen LogP contribution in [-0.2, 0) is 20.8 Å². The lowest BCUT2D eigenvalue weighted by atomic mass is 9.93. The summed E-state index contributed by atoms with van der Waals surface area (Å²) >= 11 is 5.46. The zero-order valence-electron chi connectivity index (χ0n) is 17.9. The SMILES string of the molecule is CC1CC(C)(C)NC(=S)N1CCC(=O)N1CC(=O)N(CCc2ccccc2)C(=O)C1. The summed E-state index contributed by atoms with van der Waals surface area (Å²) in [5.74, 6) is -0.833. The molecule has 1 aromatic rings.